The van der Waals surface area contributed by atoms with Gasteiger partial charge in [0.2, 0.25) is 0 Å². The second-order valence-electron chi connectivity index (χ2n) is 7.78. The normalized spacial score (nSPS) is 13.9. The van der Waals surface area contributed by atoms with Crippen molar-refractivity contribution in [2.45, 2.75) is 73.7 Å². The van der Waals surface area contributed by atoms with E-state index in [4.69, 9.17) is 0 Å². The van der Waals surface area contributed by atoms with Gasteiger partial charge in [-0.25, -0.2) is 13.5 Å². The molecule has 0 N–H and O–H groups in total. The van der Waals surface area contributed by atoms with E-state index in [1.165, 1.54) is 42.1 Å². The molecule has 2 unspecified atom stereocenters. The van der Waals surface area contributed by atoms with Crippen LogP contribution in [0.2, 0.25) is 0 Å². The first kappa shape index (κ1) is 28.5. The van der Waals surface area contributed by atoms with Crippen molar-refractivity contribution >= 4 is 16.4 Å². The summed E-state index contributed by atoms with van der Waals surface area (Å²) in [6.07, 6.45) is 8.84. The largest absolute Gasteiger partial charge is 0.273 e. The number of hydrogen-bond acceptors (Lipinski definition) is 1. The molecule has 0 radical (unpaired) electrons. The summed E-state index contributed by atoms with van der Waals surface area (Å²) in [4.78, 5) is 0. The van der Waals surface area contributed by atoms with Crippen molar-refractivity contribution in [3.8, 4) is 5.69 Å². The highest BCUT2D eigenvalue weighted by atomic mass is 32.2. The Hall–Kier alpha value is -1.49. The van der Waals surface area contributed by atoms with E-state index < -0.39 is 5.92 Å². The van der Waals surface area contributed by atoms with Gasteiger partial charge in [-0.1, -0.05) is 71.0 Å². The third-order valence-corrected chi connectivity index (χ3v) is 5.99. The molecule has 2 nitrogen and oxygen atoms in total. The minimum atomic E-state index is -2.84. The molecule has 3 atom stereocenters. The Kier molecular flexibility index (Phi) is 13.8. The molecule has 0 amide bonds. The highest BCUT2D eigenvalue weighted by Crippen LogP contribution is 2.27. The Bertz CT molecular complexity index is 717. The molecule has 0 bridgehead atoms. The number of aromatic nitrogens is 2. The average molecular weight is 441 g/mol. The van der Waals surface area contributed by atoms with Gasteiger partial charge in [0.15, 0.2) is 0 Å². The highest BCUT2D eigenvalue weighted by molar-refractivity contribution is 8.13. The molecule has 1 heterocycles. The van der Waals surface area contributed by atoms with Crippen LogP contribution >= 0.6 is 10.5 Å². The van der Waals surface area contributed by atoms with Crippen LogP contribution in [0.5, 0.6) is 0 Å². The number of hydrogen-bond donors (Lipinski definition) is 0. The van der Waals surface area contributed by atoms with E-state index in [0.29, 0.717) is 10.5 Å². The lowest BCUT2D eigenvalue weighted by Gasteiger charge is -2.22. The molecule has 0 aliphatic carbocycles. The van der Waals surface area contributed by atoms with Gasteiger partial charge in [0.1, 0.15) is 0 Å². The van der Waals surface area contributed by atoms with E-state index in [0.717, 1.165) is 30.0 Å². The van der Waals surface area contributed by atoms with Gasteiger partial charge in [-0.3, -0.25) is 0 Å². The predicted octanol–water partition coefficient (Wildman–Crippen LogP) is 8.10. The van der Waals surface area contributed by atoms with Gasteiger partial charge in [0.05, 0.1) is 17.4 Å². The zero-order chi connectivity index (χ0) is 23.3. The first-order chi connectivity index (χ1) is 14.1. The Balaban J connectivity index is 0.000000540. The standard InChI is InChI=1S/C12H12F2N2.C11H24S.C2H6/c1-9-3-5-11(6-4-9)16-8-10(7-15-16)12(2,13)14;1-6-8-11(9-12(4)5)10(3)7-2;1-2/h3-8H,1-2H3;10-11H,4,6-9H2,1-3,5H3;1-2H3/t;10-,11?,12?;/m.0./s1. The van der Waals surface area contributed by atoms with Crippen LogP contribution in [0, 0.1) is 18.8 Å². The van der Waals surface area contributed by atoms with E-state index in [9.17, 15) is 8.78 Å². The first-order valence-corrected chi connectivity index (χ1v) is 13.0. The van der Waals surface area contributed by atoms with Crippen LogP contribution in [0.3, 0.4) is 0 Å². The maximum atomic E-state index is 13.0. The van der Waals surface area contributed by atoms with Crippen LogP contribution in [0.25, 0.3) is 5.69 Å². The third kappa shape index (κ3) is 10.5. The molecule has 0 saturated carbocycles. The Morgan fingerprint density at radius 2 is 1.73 bits per heavy atom. The van der Waals surface area contributed by atoms with Gasteiger partial charge in [0.25, 0.3) is 5.92 Å². The van der Waals surface area contributed by atoms with Gasteiger partial charge < -0.3 is 0 Å². The average Bonchev–Trinajstić information content (AvgIpc) is 3.20. The smallest absolute Gasteiger partial charge is 0.240 e. The van der Waals surface area contributed by atoms with Crippen LogP contribution in [0.15, 0.2) is 36.7 Å². The van der Waals surface area contributed by atoms with Crippen LogP contribution in [0.4, 0.5) is 8.78 Å². The number of nitrogens with zero attached hydrogens (tertiary/aromatic N) is 2. The summed E-state index contributed by atoms with van der Waals surface area (Å²) in [5.74, 6) is 4.41. The van der Waals surface area contributed by atoms with Gasteiger partial charge in [-0.2, -0.15) is 15.6 Å². The Labute approximate surface area is 186 Å². The van der Waals surface area contributed by atoms with Gasteiger partial charge in [0, 0.05) is 13.1 Å². The number of benzene rings is 1. The maximum absolute atomic E-state index is 13.0. The second-order valence-corrected chi connectivity index (χ2v) is 9.68. The van der Waals surface area contributed by atoms with Crippen LogP contribution in [-0.2, 0) is 5.92 Å². The fraction of sp³-hybridized carbons (Fsp3) is 0.600. The van der Waals surface area contributed by atoms with E-state index in [1.807, 2.05) is 45.0 Å². The van der Waals surface area contributed by atoms with E-state index in [1.54, 1.807) is 0 Å². The summed E-state index contributed by atoms with van der Waals surface area (Å²) in [6.45, 7) is 13.8. The molecule has 2 rings (SSSR count). The number of rotatable bonds is 8. The minimum Gasteiger partial charge on any atom is -0.240 e. The molecule has 0 aliphatic rings. The topological polar surface area (TPSA) is 17.8 Å². The highest BCUT2D eigenvalue weighted by Gasteiger charge is 2.26. The summed E-state index contributed by atoms with van der Waals surface area (Å²) in [5, 5.41) is 3.92. The molecule has 172 valence electrons. The summed E-state index contributed by atoms with van der Waals surface area (Å²) in [7, 11) is 0.381. The number of alkyl halides is 2. The van der Waals surface area contributed by atoms with Crippen LogP contribution in [0.1, 0.15) is 71.9 Å². The second kappa shape index (κ2) is 14.5. The molecular weight excluding hydrogens is 398 g/mol. The van der Waals surface area contributed by atoms with E-state index in [-0.39, 0.29) is 5.56 Å². The lowest BCUT2D eigenvalue weighted by atomic mass is 9.90. The summed E-state index contributed by atoms with van der Waals surface area (Å²) in [6, 6.07) is 7.53. The predicted molar refractivity (Wildman–Crippen MR) is 133 cm³/mol. The molecule has 0 spiro atoms. The van der Waals surface area contributed by atoms with Crippen molar-refractivity contribution in [3.63, 3.8) is 0 Å². The molecule has 0 fully saturated rings. The monoisotopic (exact) mass is 440 g/mol. The molecular formula is C25H42F2N2S. The fourth-order valence-corrected chi connectivity index (χ4v) is 4.22. The van der Waals surface area contributed by atoms with Crippen molar-refractivity contribution in [1.29, 1.82) is 0 Å². The molecule has 1 aromatic carbocycles. The molecule has 2 aromatic rings. The molecule has 1 aromatic heterocycles. The Morgan fingerprint density at radius 3 is 2.13 bits per heavy atom. The SMILES string of the molecule is C=S(C)CC(CCC)[C@@H](C)CC.CC.Cc1ccc(-n2cc(C(C)(F)F)cn2)cc1. The van der Waals surface area contributed by atoms with Crippen molar-refractivity contribution in [2.24, 2.45) is 11.8 Å². The zero-order valence-corrected chi connectivity index (χ0v) is 21.0. The van der Waals surface area contributed by atoms with Gasteiger partial charge in [-0.05, 0) is 49.3 Å². The quantitative estimate of drug-likeness (QED) is 0.379. The van der Waals surface area contributed by atoms with Crippen molar-refractivity contribution < 1.29 is 8.78 Å². The third-order valence-electron chi connectivity index (χ3n) is 4.99. The van der Waals surface area contributed by atoms with Crippen molar-refractivity contribution in [3.05, 3.63) is 47.8 Å². The van der Waals surface area contributed by atoms with E-state index in [2.05, 4.69) is 38.0 Å². The number of halogens is 2. The molecule has 30 heavy (non-hydrogen) atoms. The van der Waals surface area contributed by atoms with Crippen molar-refractivity contribution in [2.75, 3.05) is 12.0 Å². The van der Waals surface area contributed by atoms with Crippen LogP contribution in [-0.4, -0.2) is 27.7 Å². The molecule has 5 heteroatoms. The fourth-order valence-electron chi connectivity index (χ4n) is 2.99. The summed E-state index contributed by atoms with van der Waals surface area (Å²) < 4.78 is 27.4. The maximum Gasteiger partial charge on any atom is 0.273 e. The van der Waals surface area contributed by atoms with Gasteiger partial charge >= 0.3 is 0 Å². The molecule has 0 aliphatic heterocycles. The van der Waals surface area contributed by atoms with Crippen molar-refractivity contribution in [1.82, 2.24) is 9.78 Å². The summed E-state index contributed by atoms with van der Waals surface area (Å²) >= 11 is 0. The van der Waals surface area contributed by atoms with Gasteiger partial charge in [-0.15, -0.1) is 0 Å². The lowest BCUT2D eigenvalue weighted by Crippen LogP contribution is -2.14. The molecule has 0 saturated heterocycles. The minimum absolute atomic E-state index is 0.0759. The summed E-state index contributed by atoms with van der Waals surface area (Å²) in [5.41, 5.74) is 1.83. The zero-order valence-electron chi connectivity index (χ0n) is 20.2. The van der Waals surface area contributed by atoms with Crippen LogP contribution < -0.4 is 0 Å². The Morgan fingerprint density at radius 1 is 1.17 bits per heavy atom. The lowest BCUT2D eigenvalue weighted by molar-refractivity contribution is 0.0174. The first-order valence-electron chi connectivity index (χ1n) is 11.0. The van der Waals surface area contributed by atoms with E-state index >= 15 is 0 Å². The number of aryl methyl sites for hydroxylation is 1.